The number of rotatable bonds is 0. The molecule has 0 aliphatic carbocycles. The first-order valence-electron chi connectivity index (χ1n) is 2.68. The highest BCUT2D eigenvalue weighted by Crippen LogP contribution is 1.73. The van der Waals surface area contributed by atoms with Crippen LogP contribution in [0.15, 0.2) is 0 Å². The Kier molecular flexibility index (Phi) is 8.92. The van der Waals surface area contributed by atoms with E-state index in [2.05, 4.69) is 18.6 Å². The molecule has 2 N–H and O–H groups in total. The van der Waals surface area contributed by atoms with E-state index in [1.54, 1.807) is 0 Å². The van der Waals surface area contributed by atoms with Gasteiger partial charge in [-0.2, -0.15) is 0 Å². The first kappa shape index (κ1) is 11.5. The molecule has 0 unspecified atom stereocenters. The summed E-state index contributed by atoms with van der Waals surface area (Å²) in [5, 5.41) is 15.0. The minimum absolute atomic E-state index is 1.25. The van der Waals surface area contributed by atoms with E-state index in [1.807, 2.05) is 0 Å². The van der Waals surface area contributed by atoms with Crippen LogP contribution < -0.4 is 0 Å². The average molecular weight is 150 g/mol. The highest BCUT2D eigenvalue weighted by Gasteiger charge is 2.01. The van der Waals surface area contributed by atoms with Gasteiger partial charge in [-0.1, -0.05) is 20.3 Å². The van der Waals surface area contributed by atoms with Crippen LogP contribution in [0.1, 0.15) is 20.3 Å². The SMILES string of the molecule is CCC.O=C(O)OC(=O)O. The highest BCUT2D eigenvalue weighted by atomic mass is 16.7. The van der Waals surface area contributed by atoms with Crippen molar-refractivity contribution in [3.8, 4) is 0 Å². The minimum Gasteiger partial charge on any atom is -0.449 e. The molecule has 0 amide bonds. The van der Waals surface area contributed by atoms with Crippen LogP contribution in [0, 0.1) is 0 Å². The van der Waals surface area contributed by atoms with Crippen LogP contribution >= 0.6 is 0 Å². The summed E-state index contributed by atoms with van der Waals surface area (Å²) >= 11 is 0. The van der Waals surface area contributed by atoms with Crippen molar-refractivity contribution in [3.05, 3.63) is 0 Å². The predicted molar refractivity (Wildman–Crippen MR) is 33.1 cm³/mol. The Labute approximate surface area is 58.2 Å². The summed E-state index contributed by atoms with van der Waals surface area (Å²) < 4.78 is 3.08. The Bertz CT molecular complexity index is 96.6. The zero-order valence-electron chi connectivity index (χ0n) is 5.83. The fraction of sp³-hybridized carbons (Fsp3) is 0.600. The van der Waals surface area contributed by atoms with Crippen molar-refractivity contribution in [2.45, 2.75) is 20.3 Å². The lowest BCUT2D eigenvalue weighted by Gasteiger charge is -1.84. The van der Waals surface area contributed by atoms with E-state index in [1.165, 1.54) is 6.42 Å². The van der Waals surface area contributed by atoms with Crippen LogP contribution in [0.4, 0.5) is 9.59 Å². The minimum atomic E-state index is -1.81. The second kappa shape index (κ2) is 7.74. The maximum atomic E-state index is 9.21. The summed E-state index contributed by atoms with van der Waals surface area (Å²) in [5.74, 6) is 0. The Morgan fingerprint density at radius 1 is 1.20 bits per heavy atom. The molecule has 0 aromatic rings. The van der Waals surface area contributed by atoms with Gasteiger partial charge in [0.15, 0.2) is 0 Å². The van der Waals surface area contributed by atoms with Gasteiger partial charge in [0.1, 0.15) is 0 Å². The van der Waals surface area contributed by atoms with Gasteiger partial charge in [-0.25, -0.2) is 9.59 Å². The van der Waals surface area contributed by atoms with Gasteiger partial charge >= 0.3 is 12.3 Å². The predicted octanol–water partition coefficient (Wildman–Crippen LogP) is 1.78. The molecule has 0 aromatic heterocycles. The number of hydrogen-bond donors (Lipinski definition) is 2. The fourth-order valence-corrected chi connectivity index (χ4v) is 0.0747. The second-order valence-electron chi connectivity index (χ2n) is 1.34. The van der Waals surface area contributed by atoms with Crippen LogP contribution in [0.5, 0.6) is 0 Å². The van der Waals surface area contributed by atoms with E-state index in [0.717, 1.165) is 0 Å². The molecule has 0 atom stereocenters. The molecule has 5 nitrogen and oxygen atoms in total. The lowest BCUT2D eigenvalue weighted by atomic mass is 10.6. The highest BCUT2D eigenvalue weighted by molar-refractivity contribution is 5.74. The fourth-order valence-electron chi connectivity index (χ4n) is 0.0747. The lowest BCUT2D eigenvalue weighted by Crippen LogP contribution is -2.05. The Morgan fingerprint density at radius 2 is 1.40 bits per heavy atom. The Morgan fingerprint density at radius 3 is 1.40 bits per heavy atom. The molecule has 0 bridgehead atoms. The molecule has 10 heavy (non-hydrogen) atoms. The largest absolute Gasteiger partial charge is 0.516 e. The number of hydrogen-bond acceptors (Lipinski definition) is 3. The van der Waals surface area contributed by atoms with Crippen molar-refractivity contribution in [1.82, 2.24) is 0 Å². The molecule has 0 heterocycles. The van der Waals surface area contributed by atoms with E-state index < -0.39 is 12.3 Å². The molecular weight excluding hydrogens is 140 g/mol. The number of carbonyl (C=O) groups is 2. The van der Waals surface area contributed by atoms with Crippen LogP contribution in [-0.4, -0.2) is 22.5 Å². The third kappa shape index (κ3) is 29.6. The zero-order chi connectivity index (χ0) is 8.57. The third-order valence-electron chi connectivity index (χ3n) is 0.175. The van der Waals surface area contributed by atoms with Gasteiger partial charge in [0.05, 0.1) is 0 Å². The molecule has 0 radical (unpaired) electrons. The van der Waals surface area contributed by atoms with E-state index in [0.29, 0.717) is 0 Å². The van der Waals surface area contributed by atoms with Crippen molar-refractivity contribution in [3.63, 3.8) is 0 Å². The molecule has 0 fully saturated rings. The summed E-state index contributed by atoms with van der Waals surface area (Å²) in [6, 6.07) is 0. The van der Waals surface area contributed by atoms with Crippen LogP contribution in [0.3, 0.4) is 0 Å². The number of carboxylic acid groups (broad SMARTS) is 2. The van der Waals surface area contributed by atoms with Crippen LogP contribution in [0.2, 0.25) is 0 Å². The maximum Gasteiger partial charge on any atom is 0.516 e. The molecule has 0 aromatic carbocycles. The zero-order valence-corrected chi connectivity index (χ0v) is 5.83. The molecule has 0 spiro atoms. The summed E-state index contributed by atoms with van der Waals surface area (Å²) in [5.41, 5.74) is 0. The van der Waals surface area contributed by atoms with Crippen molar-refractivity contribution >= 4 is 12.3 Å². The molecular formula is C5H10O5. The van der Waals surface area contributed by atoms with Crippen molar-refractivity contribution < 1.29 is 24.5 Å². The van der Waals surface area contributed by atoms with Crippen LogP contribution in [0.25, 0.3) is 0 Å². The standard InChI is InChI=1S/C3H8.C2H2O5/c1-3-2;3-1(4)7-2(5)6/h3H2,1-2H3;(H,3,4)(H,5,6). The topological polar surface area (TPSA) is 83.8 Å². The van der Waals surface area contributed by atoms with Gasteiger partial charge in [0.25, 0.3) is 0 Å². The van der Waals surface area contributed by atoms with Gasteiger partial charge in [0, 0.05) is 0 Å². The summed E-state index contributed by atoms with van der Waals surface area (Å²) in [6.07, 6.45) is -2.37. The van der Waals surface area contributed by atoms with Crippen molar-refractivity contribution in [2.24, 2.45) is 0 Å². The van der Waals surface area contributed by atoms with E-state index >= 15 is 0 Å². The molecule has 0 saturated carbocycles. The van der Waals surface area contributed by atoms with Gasteiger partial charge in [-0.15, -0.1) is 0 Å². The van der Waals surface area contributed by atoms with Gasteiger partial charge in [0.2, 0.25) is 0 Å². The molecule has 0 aliphatic rings. The quantitative estimate of drug-likeness (QED) is 0.406. The first-order chi connectivity index (χ1) is 4.54. The van der Waals surface area contributed by atoms with E-state index in [4.69, 9.17) is 10.2 Å². The molecule has 0 rings (SSSR count). The van der Waals surface area contributed by atoms with Gasteiger partial charge in [-0.3, -0.25) is 0 Å². The molecule has 0 aliphatic heterocycles. The molecule has 60 valence electrons. The van der Waals surface area contributed by atoms with Crippen LogP contribution in [-0.2, 0) is 4.74 Å². The van der Waals surface area contributed by atoms with E-state index in [-0.39, 0.29) is 0 Å². The Balaban J connectivity index is 0. The van der Waals surface area contributed by atoms with E-state index in [9.17, 15) is 9.59 Å². The third-order valence-corrected chi connectivity index (χ3v) is 0.175. The smallest absolute Gasteiger partial charge is 0.449 e. The lowest BCUT2D eigenvalue weighted by molar-refractivity contribution is 0.0802. The Hall–Kier alpha value is -1.26. The van der Waals surface area contributed by atoms with Gasteiger partial charge < -0.3 is 14.9 Å². The average Bonchev–Trinajstić information content (AvgIpc) is 1.62. The number of ether oxygens (including phenoxy) is 1. The van der Waals surface area contributed by atoms with Gasteiger partial charge in [-0.05, 0) is 0 Å². The van der Waals surface area contributed by atoms with Crippen molar-refractivity contribution in [1.29, 1.82) is 0 Å². The summed E-state index contributed by atoms with van der Waals surface area (Å²) in [7, 11) is 0. The second-order valence-corrected chi connectivity index (χ2v) is 1.34. The van der Waals surface area contributed by atoms with Crippen molar-refractivity contribution in [2.75, 3.05) is 0 Å². The maximum absolute atomic E-state index is 9.21. The molecule has 5 heteroatoms. The molecule has 0 saturated heterocycles. The summed E-state index contributed by atoms with van der Waals surface area (Å²) in [4.78, 5) is 18.4. The first-order valence-corrected chi connectivity index (χ1v) is 2.68. The summed E-state index contributed by atoms with van der Waals surface area (Å²) in [6.45, 7) is 4.25. The monoisotopic (exact) mass is 150 g/mol. The normalized spacial score (nSPS) is 7.00.